The van der Waals surface area contributed by atoms with Crippen LogP contribution in [0.25, 0.3) is 0 Å². The molecule has 156 valence electrons. The Labute approximate surface area is 169 Å². The van der Waals surface area contributed by atoms with Gasteiger partial charge in [0.25, 0.3) is 5.91 Å². The molecule has 1 fully saturated rings. The number of hydrogen-bond donors (Lipinski definition) is 1. The Kier molecular flexibility index (Phi) is 6.82. The fourth-order valence-electron chi connectivity index (χ4n) is 3.20. The molecule has 3 rings (SSSR count). The maximum Gasteiger partial charge on any atom is 0.255 e. The average molecular weight is 402 g/mol. The molecule has 1 aliphatic rings. The minimum Gasteiger partial charge on any atom is -0.489 e. The minimum absolute atomic E-state index is 0.0176. The quantitative estimate of drug-likeness (QED) is 0.753. The number of benzene rings is 1. The van der Waals surface area contributed by atoms with Crippen LogP contribution in [0, 0.1) is 6.92 Å². The van der Waals surface area contributed by atoms with Crippen LogP contribution in [0.15, 0.2) is 28.8 Å². The lowest BCUT2D eigenvalue weighted by Gasteiger charge is -2.32. The molecule has 2 amide bonds. The Hall–Kier alpha value is -2.94. The van der Waals surface area contributed by atoms with Crippen molar-refractivity contribution >= 4 is 11.8 Å². The molecule has 0 spiro atoms. The normalized spacial score (nSPS) is 15.8. The van der Waals surface area contributed by atoms with Gasteiger partial charge >= 0.3 is 0 Å². The Morgan fingerprint density at radius 1 is 1.31 bits per heavy atom. The van der Waals surface area contributed by atoms with Gasteiger partial charge in [-0.15, -0.1) is 0 Å². The second-order valence-electron chi connectivity index (χ2n) is 7.00. The van der Waals surface area contributed by atoms with Crippen LogP contribution < -0.4 is 10.1 Å². The van der Waals surface area contributed by atoms with Crippen LogP contribution in [0.3, 0.4) is 0 Å². The van der Waals surface area contributed by atoms with E-state index < -0.39 is 6.04 Å². The highest BCUT2D eigenvalue weighted by atomic mass is 16.5. The van der Waals surface area contributed by atoms with Gasteiger partial charge in [-0.05, 0) is 26.0 Å². The Balaban J connectivity index is 1.60. The van der Waals surface area contributed by atoms with Gasteiger partial charge in [0, 0.05) is 33.0 Å². The van der Waals surface area contributed by atoms with E-state index in [0.717, 1.165) is 0 Å². The minimum atomic E-state index is -0.424. The number of piperidine rings is 1. The molecule has 2 heterocycles. The van der Waals surface area contributed by atoms with Gasteiger partial charge in [-0.1, -0.05) is 17.3 Å². The lowest BCUT2D eigenvalue weighted by Crippen LogP contribution is -2.43. The molecule has 1 N–H and O–H groups in total. The number of carbonyl (C=O) groups is 2. The first-order chi connectivity index (χ1) is 14.0. The summed E-state index contributed by atoms with van der Waals surface area (Å²) < 4.78 is 16.1. The van der Waals surface area contributed by atoms with Gasteiger partial charge in [-0.25, -0.2) is 0 Å². The smallest absolute Gasteiger partial charge is 0.255 e. The van der Waals surface area contributed by atoms with E-state index in [2.05, 4.69) is 15.5 Å². The summed E-state index contributed by atoms with van der Waals surface area (Å²) in [6.07, 6.45) is 1.33. The number of hydrogen-bond acceptors (Lipinski definition) is 7. The van der Waals surface area contributed by atoms with Crippen molar-refractivity contribution in [3.8, 4) is 5.75 Å². The summed E-state index contributed by atoms with van der Waals surface area (Å²) in [5, 5.41) is 6.60. The lowest BCUT2D eigenvalue weighted by molar-refractivity contribution is -0.136. The summed E-state index contributed by atoms with van der Waals surface area (Å²) in [7, 11) is 1.51. The van der Waals surface area contributed by atoms with Gasteiger partial charge in [0.1, 0.15) is 24.5 Å². The molecule has 0 saturated carbocycles. The zero-order valence-corrected chi connectivity index (χ0v) is 16.9. The summed E-state index contributed by atoms with van der Waals surface area (Å²) in [6, 6.07) is 6.68. The fraction of sp³-hybridized carbons (Fsp3) is 0.500. The average Bonchev–Trinajstić information content (AvgIpc) is 3.15. The maximum absolute atomic E-state index is 12.8. The highest BCUT2D eigenvalue weighted by molar-refractivity contribution is 5.97. The van der Waals surface area contributed by atoms with Crippen LogP contribution in [0.5, 0.6) is 5.75 Å². The third kappa shape index (κ3) is 5.32. The highest BCUT2D eigenvalue weighted by Gasteiger charge is 2.25. The molecule has 0 bridgehead atoms. The van der Waals surface area contributed by atoms with Gasteiger partial charge in [0.2, 0.25) is 11.8 Å². The first kappa shape index (κ1) is 20.8. The highest BCUT2D eigenvalue weighted by Crippen LogP contribution is 2.24. The zero-order chi connectivity index (χ0) is 20.8. The molecule has 1 saturated heterocycles. The van der Waals surface area contributed by atoms with Gasteiger partial charge in [0.15, 0.2) is 5.82 Å². The molecule has 0 unspecified atom stereocenters. The molecule has 2 aromatic rings. The molecule has 0 aliphatic carbocycles. The van der Waals surface area contributed by atoms with Crippen molar-refractivity contribution in [2.45, 2.75) is 38.8 Å². The number of nitrogens with zero attached hydrogens (tertiary/aromatic N) is 3. The van der Waals surface area contributed by atoms with Crippen molar-refractivity contribution in [1.82, 2.24) is 20.4 Å². The molecule has 0 radical (unpaired) electrons. The number of likely N-dealkylation sites (tertiary alicyclic amines) is 1. The second-order valence-corrected chi connectivity index (χ2v) is 7.00. The number of amides is 2. The van der Waals surface area contributed by atoms with E-state index in [-0.39, 0.29) is 24.5 Å². The number of aromatic nitrogens is 2. The summed E-state index contributed by atoms with van der Waals surface area (Å²) in [5.74, 6) is 1.08. The van der Waals surface area contributed by atoms with E-state index in [1.165, 1.54) is 7.11 Å². The Morgan fingerprint density at radius 3 is 2.69 bits per heavy atom. The summed E-state index contributed by atoms with van der Waals surface area (Å²) in [6.45, 7) is 4.80. The van der Waals surface area contributed by atoms with Crippen LogP contribution in [-0.2, 0) is 9.53 Å². The van der Waals surface area contributed by atoms with Gasteiger partial charge in [-0.2, -0.15) is 4.98 Å². The number of carbonyl (C=O) groups excluding carboxylic acids is 2. The molecular weight excluding hydrogens is 376 g/mol. The summed E-state index contributed by atoms with van der Waals surface area (Å²) in [4.78, 5) is 30.6. The first-order valence-corrected chi connectivity index (χ1v) is 9.61. The zero-order valence-electron chi connectivity index (χ0n) is 16.9. The van der Waals surface area contributed by atoms with Crippen molar-refractivity contribution in [2.75, 3.05) is 26.8 Å². The predicted molar refractivity (Wildman–Crippen MR) is 103 cm³/mol. The SMILES string of the molecule is COCC(=O)N1CCC(Oc2ccccc2C(=O)N[C@@H](C)c2nc(C)no2)CC1. The van der Waals surface area contributed by atoms with Crippen LogP contribution >= 0.6 is 0 Å². The molecule has 9 nitrogen and oxygen atoms in total. The van der Waals surface area contributed by atoms with Crippen LogP contribution in [0.1, 0.15) is 47.9 Å². The van der Waals surface area contributed by atoms with Crippen molar-refractivity contribution in [1.29, 1.82) is 0 Å². The topological polar surface area (TPSA) is 107 Å². The predicted octanol–water partition coefficient (Wildman–Crippen LogP) is 1.89. The molecule has 29 heavy (non-hydrogen) atoms. The third-order valence-electron chi connectivity index (χ3n) is 4.75. The van der Waals surface area contributed by atoms with Crippen molar-refractivity contribution in [3.05, 3.63) is 41.5 Å². The van der Waals surface area contributed by atoms with Crippen LogP contribution in [-0.4, -0.2) is 59.8 Å². The van der Waals surface area contributed by atoms with Crippen LogP contribution in [0.4, 0.5) is 0 Å². The largest absolute Gasteiger partial charge is 0.489 e. The van der Waals surface area contributed by atoms with E-state index in [9.17, 15) is 9.59 Å². The molecule has 1 aromatic carbocycles. The number of methoxy groups -OCH3 is 1. The van der Waals surface area contributed by atoms with Crippen LogP contribution in [0.2, 0.25) is 0 Å². The fourth-order valence-corrected chi connectivity index (χ4v) is 3.20. The molecule has 9 heteroatoms. The van der Waals surface area contributed by atoms with E-state index in [1.807, 2.05) is 6.07 Å². The van der Waals surface area contributed by atoms with Crippen molar-refractivity contribution < 1.29 is 23.6 Å². The standard InChI is InChI=1S/C20H26N4O5/c1-13(20-22-14(2)23-29-20)21-19(26)16-6-4-5-7-17(16)28-15-8-10-24(11-9-15)18(25)12-27-3/h4-7,13,15H,8-12H2,1-3H3,(H,21,26)/t13-/m0/s1. The van der Waals surface area contributed by atoms with Crippen molar-refractivity contribution in [3.63, 3.8) is 0 Å². The number of rotatable bonds is 7. The van der Waals surface area contributed by atoms with E-state index in [0.29, 0.717) is 49.0 Å². The number of nitrogens with one attached hydrogen (secondary N) is 1. The monoisotopic (exact) mass is 402 g/mol. The lowest BCUT2D eigenvalue weighted by atomic mass is 10.1. The van der Waals surface area contributed by atoms with Gasteiger partial charge in [-0.3, -0.25) is 9.59 Å². The number of para-hydroxylation sites is 1. The van der Waals surface area contributed by atoms with E-state index >= 15 is 0 Å². The first-order valence-electron chi connectivity index (χ1n) is 9.61. The number of aryl methyl sites for hydroxylation is 1. The molecule has 1 aromatic heterocycles. The molecule has 1 atom stereocenters. The van der Waals surface area contributed by atoms with E-state index in [4.69, 9.17) is 14.0 Å². The summed E-state index contributed by atoms with van der Waals surface area (Å²) >= 11 is 0. The van der Waals surface area contributed by atoms with Gasteiger partial charge < -0.3 is 24.2 Å². The van der Waals surface area contributed by atoms with E-state index in [1.54, 1.807) is 36.9 Å². The third-order valence-corrected chi connectivity index (χ3v) is 4.75. The van der Waals surface area contributed by atoms with Gasteiger partial charge in [0.05, 0.1) is 5.56 Å². The molecule has 1 aliphatic heterocycles. The Bertz CT molecular complexity index is 845. The van der Waals surface area contributed by atoms with Crippen molar-refractivity contribution in [2.24, 2.45) is 0 Å². The second kappa shape index (κ2) is 9.51. The Morgan fingerprint density at radius 2 is 2.03 bits per heavy atom. The number of ether oxygens (including phenoxy) is 2. The summed E-state index contributed by atoms with van der Waals surface area (Å²) in [5.41, 5.74) is 0.438. The maximum atomic E-state index is 12.8. The molecular formula is C20H26N4O5.